The molecule has 2 atom stereocenters. The van der Waals surface area contributed by atoms with Gasteiger partial charge in [-0.1, -0.05) is 149 Å². The first-order valence-corrected chi connectivity index (χ1v) is 15.8. The van der Waals surface area contributed by atoms with Crippen molar-refractivity contribution in [1.82, 2.24) is 4.98 Å². The zero-order valence-electron chi connectivity index (χ0n) is 24.0. The van der Waals surface area contributed by atoms with E-state index in [1.165, 1.54) is 154 Å². The summed E-state index contributed by atoms with van der Waals surface area (Å²) in [4.78, 5) is 3.65. The van der Waals surface area contributed by atoms with Gasteiger partial charge in [-0.15, -0.1) is 0 Å². The Bertz CT molecular complexity index is 535. The molecule has 0 aliphatic rings. The van der Waals surface area contributed by atoms with Gasteiger partial charge in [0.1, 0.15) is 12.4 Å². The Balaban J connectivity index is 2.30. The fraction of sp³-hybridized carbons (Fsp3) is 0.906. The number of unbranched alkanes of at least 4 members (excludes halogenated alkanes) is 18. The Kier molecular flexibility index (Phi) is 20.8. The molecule has 0 saturated carbocycles. The molecule has 0 spiro atoms. The number of nitrogens with zero attached hydrogens (tertiary/aromatic N) is 1. The van der Waals surface area contributed by atoms with Crippen LogP contribution in [-0.2, 0) is 0 Å². The Morgan fingerprint density at radius 2 is 0.971 bits per heavy atom. The van der Waals surface area contributed by atoms with Gasteiger partial charge in [0.2, 0.25) is 0 Å². The highest BCUT2D eigenvalue weighted by Crippen LogP contribution is 2.27. The van der Waals surface area contributed by atoms with E-state index in [4.69, 9.17) is 0 Å². The van der Waals surface area contributed by atoms with Crippen LogP contribution >= 0.6 is 0 Å². The first-order chi connectivity index (χ1) is 16.7. The Morgan fingerprint density at radius 3 is 1.35 bits per heavy atom. The number of hydrogen-bond acceptors (Lipinski definition) is 0. The van der Waals surface area contributed by atoms with Crippen LogP contribution in [0.15, 0.2) is 12.4 Å². The predicted octanol–water partition coefficient (Wildman–Crippen LogP) is 11.0. The highest BCUT2D eigenvalue weighted by atomic mass is 15.1. The SMILES string of the molecule is CCCCCCCCCCCCCC(CCCCCCCCCCC)c1[nH]cc[n+]1C(C)CC. The summed E-state index contributed by atoms with van der Waals surface area (Å²) in [7, 11) is 0. The van der Waals surface area contributed by atoms with Crippen molar-refractivity contribution in [3.05, 3.63) is 18.2 Å². The first kappa shape index (κ1) is 31.2. The molecule has 2 nitrogen and oxygen atoms in total. The molecule has 0 aliphatic heterocycles. The lowest BCUT2D eigenvalue weighted by atomic mass is 9.93. The molecule has 0 fully saturated rings. The second-order valence-corrected chi connectivity index (χ2v) is 11.1. The lowest BCUT2D eigenvalue weighted by molar-refractivity contribution is -0.726. The third-order valence-electron chi connectivity index (χ3n) is 8.01. The Labute approximate surface area is 215 Å². The molecular formula is C32H63N2+. The summed E-state index contributed by atoms with van der Waals surface area (Å²) >= 11 is 0. The molecule has 0 amide bonds. The smallest absolute Gasteiger partial charge is 0.247 e. The molecule has 0 saturated heterocycles. The van der Waals surface area contributed by atoms with Crippen molar-refractivity contribution in [2.75, 3.05) is 0 Å². The number of H-pyrrole nitrogens is 1. The highest BCUT2D eigenvalue weighted by Gasteiger charge is 2.24. The van der Waals surface area contributed by atoms with Gasteiger partial charge in [0.15, 0.2) is 0 Å². The van der Waals surface area contributed by atoms with Crippen LogP contribution < -0.4 is 4.57 Å². The van der Waals surface area contributed by atoms with E-state index in [1.807, 2.05) is 0 Å². The van der Waals surface area contributed by atoms with Crippen molar-refractivity contribution >= 4 is 0 Å². The topological polar surface area (TPSA) is 19.7 Å². The molecular weight excluding hydrogens is 412 g/mol. The van der Waals surface area contributed by atoms with Crippen molar-refractivity contribution in [2.45, 2.75) is 187 Å². The van der Waals surface area contributed by atoms with E-state index in [1.54, 1.807) is 0 Å². The first-order valence-electron chi connectivity index (χ1n) is 15.8. The third kappa shape index (κ3) is 15.3. The van der Waals surface area contributed by atoms with Crippen molar-refractivity contribution in [1.29, 1.82) is 0 Å². The predicted molar refractivity (Wildman–Crippen MR) is 152 cm³/mol. The molecule has 1 aromatic heterocycles. The minimum absolute atomic E-state index is 0.601. The number of rotatable bonds is 25. The van der Waals surface area contributed by atoms with Crippen LogP contribution in [-0.4, -0.2) is 4.98 Å². The van der Waals surface area contributed by atoms with E-state index in [2.05, 4.69) is 49.6 Å². The van der Waals surface area contributed by atoms with E-state index in [-0.39, 0.29) is 0 Å². The lowest BCUT2D eigenvalue weighted by Crippen LogP contribution is -2.40. The largest absolute Gasteiger partial charge is 0.257 e. The molecule has 1 N–H and O–H groups in total. The van der Waals surface area contributed by atoms with Crippen LogP contribution in [0.4, 0.5) is 0 Å². The van der Waals surface area contributed by atoms with Gasteiger partial charge in [-0.25, -0.2) is 9.55 Å². The molecule has 0 bridgehead atoms. The molecule has 0 radical (unpaired) electrons. The lowest BCUT2D eigenvalue weighted by Gasteiger charge is -2.16. The maximum Gasteiger partial charge on any atom is 0.257 e. The third-order valence-corrected chi connectivity index (χ3v) is 8.01. The molecule has 34 heavy (non-hydrogen) atoms. The fourth-order valence-electron chi connectivity index (χ4n) is 5.44. The van der Waals surface area contributed by atoms with Crippen LogP contribution in [0, 0.1) is 0 Å². The van der Waals surface area contributed by atoms with Crippen LogP contribution in [0.5, 0.6) is 0 Å². The van der Waals surface area contributed by atoms with Crippen molar-refractivity contribution in [3.63, 3.8) is 0 Å². The summed E-state index contributed by atoms with van der Waals surface area (Å²) in [5.74, 6) is 2.22. The van der Waals surface area contributed by atoms with Gasteiger partial charge in [0.25, 0.3) is 5.82 Å². The zero-order valence-corrected chi connectivity index (χ0v) is 24.0. The van der Waals surface area contributed by atoms with Crippen molar-refractivity contribution < 1.29 is 4.57 Å². The van der Waals surface area contributed by atoms with Gasteiger partial charge in [0, 0.05) is 0 Å². The van der Waals surface area contributed by atoms with Gasteiger partial charge in [-0.2, -0.15) is 0 Å². The minimum Gasteiger partial charge on any atom is -0.247 e. The van der Waals surface area contributed by atoms with Crippen LogP contribution in [0.25, 0.3) is 0 Å². The summed E-state index contributed by atoms with van der Waals surface area (Å²) in [6.07, 6.45) is 37.0. The van der Waals surface area contributed by atoms with Gasteiger partial charge in [-0.3, -0.25) is 0 Å². The van der Waals surface area contributed by atoms with Crippen LogP contribution in [0.1, 0.15) is 193 Å². The number of aromatic nitrogens is 2. The van der Waals surface area contributed by atoms with E-state index < -0.39 is 0 Å². The van der Waals surface area contributed by atoms with E-state index in [0.29, 0.717) is 12.0 Å². The second-order valence-electron chi connectivity index (χ2n) is 11.1. The molecule has 1 heterocycles. The summed E-state index contributed by atoms with van der Waals surface area (Å²) < 4.78 is 2.54. The van der Waals surface area contributed by atoms with Gasteiger partial charge in [-0.05, 0) is 26.2 Å². The molecule has 1 rings (SSSR count). The van der Waals surface area contributed by atoms with E-state index in [0.717, 1.165) is 0 Å². The van der Waals surface area contributed by atoms with Crippen molar-refractivity contribution in [2.24, 2.45) is 0 Å². The molecule has 1 aromatic rings. The van der Waals surface area contributed by atoms with Crippen LogP contribution in [0.3, 0.4) is 0 Å². The normalized spacial score (nSPS) is 13.4. The van der Waals surface area contributed by atoms with E-state index in [9.17, 15) is 0 Å². The number of hydrogen-bond donors (Lipinski definition) is 1. The van der Waals surface area contributed by atoms with Crippen LogP contribution in [0.2, 0.25) is 0 Å². The monoisotopic (exact) mass is 475 g/mol. The number of aromatic amines is 1. The van der Waals surface area contributed by atoms with Gasteiger partial charge >= 0.3 is 0 Å². The molecule has 0 aromatic carbocycles. The number of imidazole rings is 1. The fourth-order valence-corrected chi connectivity index (χ4v) is 5.44. The summed E-state index contributed by atoms with van der Waals surface area (Å²) in [5, 5.41) is 0. The standard InChI is InChI=1S/C32H62N2/c1-5-8-10-12-14-16-17-19-21-23-25-27-31(32-33-28-29-34(32)30(4)7-3)26-24-22-20-18-15-13-11-9-6-2/h28-31H,5-27H2,1-4H3/p+1. The maximum absolute atomic E-state index is 3.65. The average molecular weight is 476 g/mol. The number of nitrogens with one attached hydrogen (secondary N) is 1. The second kappa shape index (κ2) is 22.7. The maximum atomic E-state index is 3.65. The molecule has 2 unspecified atom stereocenters. The Morgan fingerprint density at radius 1 is 0.588 bits per heavy atom. The van der Waals surface area contributed by atoms with Crippen molar-refractivity contribution in [3.8, 4) is 0 Å². The Hall–Kier alpha value is -0.790. The minimum atomic E-state index is 0.601. The average Bonchev–Trinajstić information content (AvgIpc) is 3.34. The summed E-state index contributed by atoms with van der Waals surface area (Å²) in [5.41, 5.74) is 0. The molecule has 2 heteroatoms. The quantitative estimate of drug-likeness (QED) is 0.107. The molecule has 200 valence electrons. The van der Waals surface area contributed by atoms with Gasteiger partial charge < -0.3 is 0 Å². The highest BCUT2D eigenvalue weighted by molar-refractivity contribution is 4.90. The zero-order chi connectivity index (χ0) is 24.7. The van der Waals surface area contributed by atoms with E-state index >= 15 is 0 Å². The summed E-state index contributed by atoms with van der Waals surface area (Å²) in [6.45, 7) is 9.30. The summed E-state index contributed by atoms with van der Waals surface area (Å²) in [6, 6.07) is 0.601. The molecule has 0 aliphatic carbocycles. The van der Waals surface area contributed by atoms with Gasteiger partial charge in [0.05, 0.1) is 12.0 Å².